The first kappa shape index (κ1) is 9.98. The number of aryl methyl sites for hydroxylation is 1. The van der Waals surface area contributed by atoms with Crippen LogP contribution < -0.4 is 0 Å². The molecule has 0 aliphatic carbocycles. The van der Waals surface area contributed by atoms with E-state index in [2.05, 4.69) is 0 Å². The van der Waals surface area contributed by atoms with E-state index in [1.165, 1.54) is 17.8 Å². The zero-order valence-corrected chi connectivity index (χ0v) is 8.02. The molecule has 1 aromatic carbocycles. The molecular weight excluding hydrogens is 193 g/mol. The van der Waals surface area contributed by atoms with Gasteiger partial charge in [0.25, 0.3) is 0 Å². The first-order chi connectivity index (χ1) is 6.07. The van der Waals surface area contributed by atoms with Gasteiger partial charge in [0.05, 0.1) is 9.82 Å². The molecule has 1 aromatic rings. The summed E-state index contributed by atoms with van der Waals surface area (Å²) >= 11 is 1.18. The van der Waals surface area contributed by atoms with Crippen LogP contribution in [0.4, 0.5) is 10.1 Å². The lowest BCUT2D eigenvalue weighted by Crippen LogP contribution is -1.96. The maximum atomic E-state index is 13.0. The molecule has 13 heavy (non-hydrogen) atoms. The van der Waals surface area contributed by atoms with E-state index in [0.717, 1.165) is 11.6 Å². The molecule has 0 saturated heterocycles. The molecule has 0 saturated carbocycles. The number of halogens is 1. The Balaban J connectivity index is 3.43. The topological polar surface area (TPSA) is 43.1 Å². The van der Waals surface area contributed by atoms with Gasteiger partial charge in [0.15, 0.2) is 0 Å². The first-order valence-corrected chi connectivity index (χ1v) is 4.78. The first-order valence-electron chi connectivity index (χ1n) is 3.55. The molecule has 0 spiro atoms. The smallest absolute Gasteiger partial charge is 0.258 e. The van der Waals surface area contributed by atoms with Gasteiger partial charge in [-0.2, -0.15) is 4.39 Å². The fourth-order valence-corrected chi connectivity index (χ4v) is 1.83. The standard InChI is InChI=1S/C8H8FNO2S/c1-5-3-4-6(9)7(10(11)12)8(5)13-2/h3-4H,1-2H3. The second kappa shape index (κ2) is 3.74. The third kappa shape index (κ3) is 1.80. The van der Waals surface area contributed by atoms with Gasteiger partial charge in [-0.3, -0.25) is 10.1 Å². The summed E-state index contributed by atoms with van der Waals surface area (Å²) in [6.07, 6.45) is 1.69. The number of nitro benzene ring substituents is 1. The predicted molar refractivity (Wildman–Crippen MR) is 49.6 cm³/mol. The third-order valence-corrected chi connectivity index (χ3v) is 2.59. The minimum absolute atomic E-state index is 0.394. The SMILES string of the molecule is CSc1c(C)ccc(F)c1[N+](=O)[O-]. The van der Waals surface area contributed by atoms with Crippen molar-refractivity contribution in [2.24, 2.45) is 0 Å². The second-order valence-corrected chi connectivity index (χ2v) is 3.32. The van der Waals surface area contributed by atoms with Crippen LogP contribution in [0.15, 0.2) is 17.0 Å². The molecule has 5 heteroatoms. The van der Waals surface area contributed by atoms with E-state index in [-0.39, 0.29) is 0 Å². The van der Waals surface area contributed by atoms with Crippen molar-refractivity contribution >= 4 is 17.4 Å². The summed E-state index contributed by atoms with van der Waals surface area (Å²) in [5.41, 5.74) is 0.299. The molecule has 0 amide bonds. The number of hydrogen-bond donors (Lipinski definition) is 0. The van der Waals surface area contributed by atoms with Crippen molar-refractivity contribution in [1.82, 2.24) is 0 Å². The molecule has 70 valence electrons. The monoisotopic (exact) mass is 201 g/mol. The Morgan fingerprint density at radius 1 is 1.54 bits per heavy atom. The van der Waals surface area contributed by atoms with Crippen LogP contribution in [0.25, 0.3) is 0 Å². The number of hydrogen-bond acceptors (Lipinski definition) is 3. The van der Waals surface area contributed by atoms with Crippen molar-refractivity contribution in [2.45, 2.75) is 11.8 Å². The van der Waals surface area contributed by atoms with E-state index >= 15 is 0 Å². The number of benzene rings is 1. The largest absolute Gasteiger partial charge is 0.318 e. The van der Waals surface area contributed by atoms with E-state index < -0.39 is 16.4 Å². The average molecular weight is 201 g/mol. The number of rotatable bonds is 2. The van der Waals surface area contributed by atoms with Gasteiger partial charge in [-0.25, -0.2) is 0 Å². The third-order valence-electron chi connectivity index (χ3n) is 1.67. The van der Waals surface area contributed by atoms with Gasteiger partial charge in [0.2, 0.25) is 5.82 Å². The van der Waals surface area contributed by atoms with Gasteiger partial charge >= 0.3 is 5.69 Å². The maximum Gasteiger partial charge on any atom is 0.318 e. The average Bonchev–Trinajstić information content (AvgIpc) is 2.07. The fraction of sp³-hybridized carbons (Fsp3) is 0.250. The predicted octanol–water partition coefficient (Wildman–Crippen LogP) is 2.76. The highest BCUT2D eigenvalue weighted by atomic mass is 32.2. The molecule has 0 aromatic heterocycles. The molecule has 0 aliphatic heterocycles. The van der Waals surface area contributed by atoms with Crippen LogP contribution in [0.2, 0.25) is 0 Å². The maximum absolute atomic E-state index is 13.0. The molecule has 0 bridgehead atoms. The summed E-state index contributed by atoms with van der Waals surface area (Å²) in [5, 5.41) is 10.5. The van der Waals surface area contributed by atoms with Crippen molar-refractivity contribution < 1.29 is 9.31 Å². The van der Waals surface area contributed by atoms with E-state index in [1.807, 2.05) is 0 Å². The minimum atomic E-state index is -0.778. The van der Waals surface area contributed by atoms with E-state index in [4.69, 9.17) is 0 Å². The van der Waals surface area contributed by atoms with E-state index in [1.54, 1.807) is 13.2 Å². The Kier molecular flexibility index (Phi) is 2.87. The molecule has 0 unspecified atom stereocenters. The minimum Gasteiger partial charge on any atom is -0.258 e. The normalized spacial score (nSPS) is 10.1. The quantitative estimate of drug-likeness (QED) is 0.419. The fourth-order valence-electron chi connectivity index (χ4n) is 1.08. The van der Waals surface area contributed by atoms with Crippen LogP contribution in [-0.4, -0.2) is 11.2 Å². The van der Waals surface area contributed by atoms with Crippen molar-refractivity contribution in [2.75, 3.05) is 6.26 Å². The van der Waals surface area contributed by atoms with Crippen LogP contribution in [0.5, 0.6) is 0 Å². The summed E-state index contributed by atoms with van der Waals surface area (Å²) in [6.45, 7) is 1.72. The molecule has 0 fully saturated rings. The number of nitro groups is 1. The van der Waals surface area contributed by atoms with Crippen molar-refractivity contribution in [1.29, 1.82) is 0 Å². The Labute approximate surface area is 79.1 Å². The lowest BCUT2D eigenvalue weighted by molar-refractivity contribution is -0.390. The van der Waals surface area contributed by atoms with Gasteiger partial charge in [-0.1, -0.05) is 6.07 Å². The van der Waals surface area contributed by atoms with Crippen molar-refractivity contribution in [3.63, 3.8) is 0 Å². The molecular formula is C8H8FNO2S. The van der Waals surface area contributed by atoms with Crippen molar-refractivity contribution in [3.05, 3.63) is 33.6 Å². The Bertz CT molecular complexity index is 354. The molecule has 0 aliphatic rings. The summed E-state index contributed by atoms with van der Waals surface area (Å²) in [4.78, 5) is 10.2. The molecule has 1 rings (SSSR count). The van der Waals surface area contributed by atoms with Crippen LogP contribution >= 0.6 is 11.8 Å². The van der Waals surface area contributed by atoms with Gasteiger partial charge in [-0.15, -0.1) is 11.8 Å². The van der Waals surface area contributed by atoms with Gasteiger partial charge in [-0.05, 0) is 24.8 Å². The zero-order chi connectivity index (χ0) is 10.0. The summed E-state index contributed by atoms with van der Waals surface area (Å²) in [5.74, 6) is -0.778. The summed E-state index contributed by atoms with van der Waals surface area (Å²) in [7, 11) is 0. The number of nitrogens with zero attached hydrogens (tertiary/aromatic N) is 1. The molecule has 0 N–H and O–H groups in total. The van der Waals surface area contributed by atoms with E-state index in [9.17, 15) is 14.5 Å². The number of thioether (sulfide) groups is 1. The molecule has 0 heterocycles. The summed E-state index contributed by atoms with van der Waals surface area (Å²) < 4.78 is 13.0. The van der Waals surface area contributed by atoms with Gasteiger partial charge < -0.3 is 0 Å². The highest BCUT2D eigenvalue weighted by Gasteiger charge is 2.20. The van der Waals surface area contributed by atoms with Crippen LogP contribution in [0.1, 0.15) is 5.56 Å². The highest BCUT2D eigenvalue weighted by molar-refractivity contribution is 7.98. The van der Waals surface area contributed by atoms with Crippen LogP contribution in [-0.2, 0) is 0 Å². The van der Waals surface area contributed by atoms with Crippen LogP contribution in [0, 0.1) is 22.9 Å². The summed E-state index contributed by atoms with van der Waals surface area (Å²) in [6, 6.07) is 2.65. The zero-order valence-electron chi connectivity index (χ0n) is 7.20. The Hall–Kier alpha value is -1.10. The molecule has 0 radical (unpaired) electrons. The van der Waals surface area contributed by atoms with E-state index in [0.29, 0.717) is 4.90 Å². The molecule has 0 atom stereocenters. The van der Waals surface area contributed by atoms with Gasteiger partial charge in [0.1, 0.15) is 0 Å². The Morgan fingerprint density at radius 2 is 2.15 bits per heavy atom. The highest BCUT2D eigenvalue weighted by Crippen LogP contribution is 2.32. The van der Waals surface area contributed by atoms with Crippen LogP contribution in [0.3, 0.4) is 0 Å². The lowest BCUT2D eigenvalue weighted by atomic mass is 10.2. The molecule has 3 nitrogen and oxygen atoms in total. The Morgan fingerprint density at radius 3 is 2.54 bits per heavy atom. The lowest BCUT2D eigenvalue weighted by Gasteiger charge is -2.03. The second-order valence-electron chi connectivity index (χ2n) is 2.50. The van der Waals surface area contributed by atoms with Crippen molar-refractivity contribution in [3.8, 4) is 0 Å². The van der Waals surface area contributed by atoms with Gasteiger partial charge in [0, 0.05) is 0 Å².